The van der Waals surface area contributed by atoms with E-state index in [-0.39, 0.29) is 28.1 Å². The first-order valence-corrected chi connectivity index (χ1v) is 23.9. The van der Waals surface area contributed by atoms with Crippen molar-refractivity contribution in [1.82, 2.24) is 19.8 Å². The minimum absolute atomic E-state index is 0.0962. The fourth-order valence-electron chi connectivity index (χ4n) is 8.56. The van der Waals surface area contributed by atoms with Crippen LogP contribution in [0.1, 0.15) is 38.7 Å². The number of benzene rings is 5. The Hall–Kier alpha value is -5.25. The quantitative estimate of drug-likeness (QED) is 0.0546. The molecule has 0 aliphatic carbocycles. The van der Waals surface area contributed by atoms with Gasteiger partial charge in [0.05, 0.1) is 15.3 Å². The van der Waals surface area contributed by atoms with Gasteiger partial charge in [-0.1, -0.05) is 66.2 Å². The van der Waals surface area contributed by atoms with Gasteiger partial charge in [0.2, 0.25) is 0 Å². The molecule has 0 radical (unpaired) electrons. The van der Waals surface area contributed by atoms with Crippen LogP contribution in [0.5, 0.6) is 0 Å². The van der Waals surface area contributed by atoms with E-state index in [0.717, 1.165) is 80.7 Å². The van der Waals surface area contributed by atoms with Gasteiger partial charge in [0, 0.05) is 90.2 Å². The van der Waals surface area contributed by atoms with E-state index in [1.54, 1.807) is 11.8 Å². The van der Waals surface area contributed by atoms with Gasteiger partial charge in [0.15, 0.2) is 5.82 Å². The summed E-state index contributed by atoms with van der Waals surface area (Å²) in [5, 5.41) is 17.2. The van der Waals surface area contributed by atoms with Crippen LogP contribution in [-0.2, 0) is 16.6 Å². The molecule has 0 spiro atoms. The van der Waals surface area contributed by atoms with E-state index < -0.39 is 14.9 Å². The molecule has 15 heteroatoms. The summed E-state index contributed by atoms with van der Waals surface area (Å²) in [6, 6.07) is 37.1. The van der Waals surface area contributed by atoms with Crippen LogP contribution in [-0.4, -0.2) is 89.7 Å². The maximum Gasteiger partial charge on any atom is 0.293 e. The molecular formula is C47H51ClN8O4S2. The third kappa shape index (κ3) is 10.3. The molecule has 0 saturated carbocycles. The Bertz CT molecular complexity index is 2600. The number of anilines is 3. The van der Waals surface area contributed by atoms with Crippen molar-refractivity contribution in [2.45, 2.75) is 67.6 Å². The Kier molecular flexibility index (Phi) is 13.6. The smallest absolute Gasteiger partial charge is 0.293 e. The Labute approximate surface area is 372 Å². The van der Waals surface area contributed by atoms with Gasteiger partial charge in [-0.05, 0) is 104 Å². The van der Waals surface area contributed by atoms with Gasteiger partial charge < -0.3 is 10.2 Å². The van der Waals surface area contributed by atoms with E-state index in [9.17, 15) is 18.5 Å². The number of halogens is 1. The Balaban J connectivity index is 0.940. The van der Waals surface area contributed by atoms with Crippen molar-refractivity contribution in [3.63, 3.8) is 0 Å². The lowest BCUT2D eigenvalue weighted by Crippen LogP contribution is -2.46. The Morgan fingerprint density at radius 3 is 2.34 bits per heavy atom. The van der Waals surface area contributed by atoms with E-state index in [0.29, 0.717) is 33.8 Å². The van der Waals surface area contributed by atoms with Gasteiger partial charge in [-0.15, -0.1) is 11.8 Å². The van der Waals surface area contributed by atoms with Crippen LogP contribution in [0, 0.1) is 10.1 Å². The molecule has 6 aromatic rings. The Morgan fingerprint density at radius 2 is 1.60 bits per heavy atom. The van der Waals surface area contributed by atoms with E-state index >= 15 is 0 Å². The van der Waals surface area contributed by atoms with Crippen LogP contribution in [0.15, 0.2) is 131 Å². The Morgan fingerprint density at radius 1 is 0.871 bits per heavy atom. The topological polar surface area (TPSA) is 137 Å². The number of nitro benzene ring substituents is 1. The summed E-state index contributed by atoms with van der Waals surface area (Å²) in [6.07, 6.45) is 4.40. The van der Waals surface area contributed by atoms with Crippen molar-refractivity contribution in [3.05, 3.63) is 142 Å². The molecule has 3 heterocycles. The van der Waals surface area contributed by atoms with Gasteiger partial charge in [0.25, 0.3) is 15.7 Å². The highest BCUT2D eigenvalue weighted by molar-refractivity contribution is 7.99. The van der Waals surface area contributed by atoms with Gasteiger partial charge in [0.1, 0.15) is 12.0 Å². The second-order valence-corrected chi connectivity index (χ2v) is 19.4. The molecule has 1 aromatic heterocycles. The molecular weight excluding hydrogens is 840 g/mol. The van der Waals surface area contributed by atoms with Crippen LogP contribution < -0.4 is 14.9 Å². The minimum Gasteiger partial charge on any atom is -0.376 e. The molecule has 2 saturated heterocycles. The molecule has 0 bridgehead atoms. The van der Waals surface area contributed by atoms with Crippen molar-refractivity contribution >= 4 is 67.2 Å². The van der Waals surface area contributed by atoms with E-state index in [1.807, 2.05) is 48.5 Å². The molecule has 322 valence electrons. The maximum atomic E-state index is 13.9. The van der Waals surface area contributed by atoms with Gasteiger partial charge in [-0.2, -0.15) is 0 Å². The number of nitrogens with one attached hydrogen (secondary N) is 2. The zero-order valence-corrected chi connectivity index (χ0v) is 37.2. The van der Waals surface area contributed by atoms with E-state index in [2.05, 4.69) is 97.1 Å². The summed E-state index contributed by atoms with van der Waals surface area (Å²) in [6.45, 7) is 9.54. The van der Waals surface area contributed by atoms with Crippen LogP contribution in [0.2, 0.25) is 5.02 Å². The number of nitro groups is 1. The predicted molar refractivity (Wildman–Crippen MR) is 252 cm³/mol. The number of piperazine rings is 1. The molecule has 3 unspecified atom stereocenters. The highest BCUT2D eigenvalue weighted by atomic mass is 35.5. The standard InChI is InChI=1S/C47H51ClN8O4S2/c1-33-12-13-34(2)55(33)23-22-38(31-61-40-9-4-3-5-10-40)51-44-21-19-41(29-46(44)56(57)58)62(59,60)52-47-43-20-18-39(28-45(43)49-32-50-47)54-26-24-53(25-27-54)30-36-8-6-7-11-42(36)35-14-16-37(48)17-15-35/h3-11,14-21,28-29,32-34,38,51H,12-13,22-27,30-31H2,1-2H3,(H,49,50,52). The highest BCUT2D eigenvalue weighted by Crippen LogP contribution is 2.33. The first-order valence-electron chi connectivity index (χ1n) is 21.1. The van der Waals surface area contributed by atoms with Crippen LogP contribution in [0.4, 0.5) is 22.9 Å². The fourth-order valence-corrected chi connectivity index (χ4v) is 10.7. The number of hydrogen-bond acceptors (Lipinski definition) is 11. The monoisotopic (exact) mass is 890 g/mol. The van der Waals surface area contributed by atoms with Crippen molar-refractivity contribution < 1.29 is 13.3 Å². The maximum absolute atomic E-state index is 13.9. The first kappa shape index (κ1) is 43.4. The number of nitrogens with zero attached hydrogens (tertiary/aromatic N) is 6. The third-order valence-corrected chi connectivity index (χ3v) is 14.8. The zero-order chi connectivity index (χ0) is 43.2. The van der Waals surface area contributed by atoms with E-state index in [1.165, 1.54) is 29.6 Å². The van der Waals surface area contributed by atoms with E-state index in [4.69, 9.17) is 11.6 Å². The van der Waals surface area contributed by atoms with Gasteiger partial charge in [-0.25, -0.2) is 18.4 Å². The molecule has 3 atom stereocenters. The fraction of sp³-hybridized carbons (Fsp3) is 0.319. The number of sulfonamides is 1. The second-order valence-electron chi connectivity index (χ2n) is 16.2. The van der Waals surface area contributed by atoms with Crippen molar-refractivity contribution in [2.75, 3.05) is 53.4 Å². The van der Waals surface area contributed by atoms with Crippen LogP contribution in [0.25, 0.3) is 22.0 Å². The summed E-state index contributed by atoms with van der Waals surface area (Å²) in [5.41, 5.74) is 5.13. The molecule has 5 aromatic carbocycles. The number of likely N-dealkylation sites (tertiary alicyclic amines) is 1. The third-order valence-electron chi connectivity index (χ3n) is 12.1. The van der Waals surface area contributed by atoms with Crippen molar-refractivity contribution in [2.24, 2.45) is 0 Å². The average molecular weight is 892 g/mol. The second kappa shape index (κ2) is 19.4. The average Bonchev–Trinajstić information content (AvgIpc) is 3.61. The van der Waals surface area contributed by atoms with Crippen LogP contribution >= 0.6 is 23.4 Å². The predicted octanol–water partition coefficient (Wildman–Crippen LogP) is 9.82. The molecule has 2 fully saturated rings. The lowest BCUT2D eigenvalue weighted by molar-refractivity contribution is -0.384. The molecule has 0 amide bonds. The van der Waals surface area contributed by atoms with Gasteiger partial charge >= 0.3 is 0 Å². The SMILES string of the molecule is CC1CCC(C)N1CCC(CSc1ccccc1)Nc1ccc(S(=O)(=O)Nc2ncnc3cc(N4CCN(Cc5ccccc5-c5ccc(Cl)cc5)CC4)ccc23)cc1[N+](=O)[O-]. The van der Waals surface area contributed by atoms with Crippen molar-refractivity contribution in [3.8, 4) is 11.1 Å². The summed E-state index contributed by atoms with van der Waals surface area (Å²) >= 11 is 7.84. The lowest BCUT2D eigenvalue weighted by Gasteiger charge is -2.36. The van der Waals surface area contributed by atoms with Crippen LogP contribution in [0.3, 0.4) is 0 Å². The number of thioether (sulfide) groups is 1. The lowest BCUT2D eigenvalue weighted by atomic mass is 9.99. The minimum atomic E-state index is -4.28. The first-order chi connectivity index (χ1) is 30.0. The zero-order valence-electron chi connectivity index (χ0n) is 34.9. The summed E-state index contributed by atoms with van der Waals surface area (Å²) in [7, 11) is -4.28. The molecule has 12 nitrogen and oxygen atoms in total. The molecule has 62 heavy (non-hydrogen) atoms. The van der Waals surface area contributed by atoms with Gasteiger partial charge in [-0.3, -0.25) is 24.6 Å². The number of fused-ring (bicyclic) bond motifs is 1. The largest absolute Gasteiger partial charge is 0.376 e. The molecule has 2 aliphatic rings. The van der Waals surface area contributed by atoms with Crippen molar-refractivity contribution in [1.29, 1.82) is 0 Å². The summed E-state index contributed by atoms with van der Waals surface area (Å²) < 4.78 is 30.3. The molecule has 8 rings (SSSR count). The summed E-state index contributed by atoms with van der Waals surface area (Å²) in [5.74, 6) is 0.776. The molecule has 2 N–H and O–H groups in total. The summed E-state index contributed by atoms with van der Waals surface area (Å²) in [4.78, 5) is 28.9. The molecule has 2 aliphatic heterocycles. The highest BCUT2D eigenvalue weighted by Gasteiger charge is 2.29. The number of hydrogen-bond donors (Lipinski definition) is 2. The number of rotatable bonds is 16. The normalized spacial score (nSPS) is 17.9. The number of aromatic nitrogens is 2.